The third-order valence-electron chi connectivity index (χ3n) is 5.56. The molecule has 2 saturated heterocycles. The maximum atomic E-state index is 13.3. The van der Waals surface area contributed by atoms with Gasteiger partial charge in [-0.1, -0.05) is 0 Å². The highest BCUT2D eigenvalue weighted by atomic mass is 16.6. The number of hydrogen-bond donors (Lipinski definition) is 2. The molecular weight excluding hydrogens is 418 g/mol. The van der Waals surface area contributed by atoms with E-state index in [9.17, 15) is 19.6 Å². The van der Waals surface area contributed by atoms with Crippen molar-refractivity contribution in [1.82, 2.24) is 5.32 Å². The third-order valence-corrected chi connectivity index (χ3v) is 5.56. The summed E-state index contributed by atoms with van der Waals surface area (Å²) < 4.78 is 21.2. The maximum absolute atomic E-state index is 13.3. The number of amides is 2. The van der Waals surface area contributed by atoms with Crippen LogP contribution in [-0.2, 0) is 23.7 Å². The number of rotatable bonds is 6. The molecule has 0 atom stereocenters. The van der Waals surface area contributed by atoms with Crippen LogP contribution in [-0.4, -0.2) is 62.1 Å². The van der Waals surface area contributed by atoms with E-state index in [0.717, 1.165) is 0 Å². The van der Waals surface area contributed by atoms with Crippen LogP contribution < -0.4 is 10.6 Å². The van der Waals surface area contributed by atoms with Gasteiger partial charge in [0.25, 0.3) is 5.91 Å². The molecule has 2 fully saturated rings. The quantitative estimate of drug-likeness (QED) is 0.636. The lowest BCUT2D eigenvalue weighted by atomic mass is 9.87. The standard InChI is InChI=1S/C22H27N3O7/c1-2-31-20(28)24-17-5-3-16(4-6-17)18(26)32-22(9-13-30-14-10-22)19(27)25-21(15-23)7-11-29-12-8-21/h3-6H,2,7-14H2,1H3,(H,24,28)(H,25,27). The number of carbonyl (C=O) groups excluding carboxylic acids is 3. The van der Waals surface area contributed by atoms with Crippen LogP contribution >= 0.6 is 0 Å². The lowest BCUT2D eigenvalue weighted by Crippen LogP contribution is -2.60. The maximum Gasteiger partial charge on any atom is 0.411 e. The molecule has 0 radical (unpaired) electrons. The number of nitrogens with zero attached hydrogens (tertiary/aromatic N) is 1. The summed E-state index contributed by atoms with van der Waals surface area (Å²) in [7, 11) is 0. The average molecular weight is 445 g/mol. The normalized spacial score (nSPS) is 19.1. The van der Waals surface area contributed by atoms with Crippen LogP contribution in [0, 0.1) is 11.3 Å². The van der Waals surface area contributed by atoms with Crippen LogP contribution in [0.2, 0.25) is 0 Å². The summed E-state index contributed by atoms with van der Waals surface area (Å²) in [6.45, 7) is 3.19. The zero-order valence-electron chi connectivity index (χ0n) is 18.0. The van der Waals surface area contributed by atoms with Gasteiger partial charge in [0.1, 0.15) is 5.54 Å². The summed E-state index contributed by atoms with van der Waals surface area (Å²) in [5.41, 5.74) is -1.81. The van der Waals surface area contributed by atoms with E-state index >= 15 is 0 Å². The van der Waals surface area contributed by atoms with Crippen molar-refractivity contribution in [3.63, 3.8) is 0 Å². The number of ether oxygens (including phenoxy) is 4. The minimum absolute atomic E-state index is 0.186. The third kappa shape index (κ3) is 5.55. The summed E-state index contributed by atoms with van der Waals surface area (Å²) in [6, 6.07) is 8.25. The summed E-state index contributed by atoms with van der Waals surface area (Å²) in [5.74, 6) is -1.18. The molecular formula is C22H27N3O7. The van der Waals surface area contributed by atoms with E-state index in [2.05, 4.69) is 16.7 Å². The van der Waals surface area contributed by atoms with Crippen LogP contribution in [0.4, 0.5) is 10.5 Å². The molecule has 0 spiro atoms. The van der Waals surface area contributed by atoms with Crippen molar-refractivity contribution in [3.8, 4) is 6.07 Å². The molecule has 1 aromatic rings. The predicted octanol–water partition coefficient (Wildman–Crippen LogP) is 2.15. The first-order valence-corrected chi connectivity index (χ1v) is 10.6. The van der Waals surface area contributed by atoms with Gasteiger partial charge in [0, 0.05) is 44.6 Å². The Morgan fingerprint density at radius 2 is 1.62 bits per heavy atom. The largest absolute Gasteiger partial charge is 0.450 e. The Morgan fingerprint density at radius 1 is 1.03 bits per heavy atom. The monoisotopic (exact) mass is 445 g/mol. The fraction of sp³-hybridized carbons (Fsp3) is 0.545. The second kappa shape index (κ2) is 10.4. The van der Waals surface area contributed by atoms with Crippen LogP contribution in [0.5, 0.6) is 0 Å². The van der Waals surface area contributed by atoms with E-state index in [1.54, 1.807) is 6.92 Å². The molecule has 0 saturated carbocycles. The second-order valence-electron chi connectivity index (χ2n) is 7.68. The Labute approximate surface area is 186 Å². The van der Waals surface area contributed by atoms with Gasteiger partial charge in [-0.05, 0) is 31.2 Å². The van der Waals surface area contributed by atoms with Crippen molar-refractivity contribution in [3.05, 3.63) is 29.8 Å². The minimum Gasteiger partial charge on any atom is -0.450 e. The van der Waals surface area contributed by atoms with Gasteiger partial charge in [-0.2, -0.15) is 5.26 Å². The van der Waals surface area contributed by atoms with E-state index < -0.39 is 29.1 Å². The fourth-order valence-corrected chi connectivity index (χ4v) is 3.60. The van der Waals surface area contributed by atoms with Gasteiger partial charge in [-0.25, -0.2) is 9.59 Å². The molecule has 3 rings (SSSR count). The molecule has 2 amide bonds. The lowest BCUT2D eigenvalue weighted by Gasteiger charge is -2.39. The molecule has 172 valence electrons. The van der Waals surface area contributed by atoms with Crippen molar-refractivity contribution in [2.24, 2.45) is 0 Å². The Bertz CT molecular complexity index is 867. The highest BCUT2D eigenvalue weighted by Gasteiger charge is 2.47. The van der Waals surface area contributed by atoms with Gasteiger partial charge in [0.05, 0.1) is 31.5 Å². The number of benzene rings is 1. The van der Waals surface area contributed by atoms with Crippen LogP contribution in [0.15, 0.2) is 24.3 Å². The Kier molecular flexibility index (Phi) is 7.66. The molecule has 1 aromatic carbocycles. The highest BCUT2D eigenvalue weighted by Crippen LogP contribution is 2.30. The number of esters is 1. The van der Waals surface area contributed by atoms with E-state index in [-0.39, 0.29) is 38.2 Å². The average Bonchev–Trinajstić information content (AvgIpc) is 2.81. The molecule has 2 aliphatic rings. The van der Waals surface area contributed by atoms with Gasteiger partial charge >= 0.3 is 12.1 Å². The highest BCUT2D eigenvalue weighted by molar-refractivity contribution is 5.95. The first-order valence-electron chi connectivity index (χ1n) is 10.6. The zero-order chi connectivity index (χ0) is 23.0. The first-order chi connectivity index (χ1) is 15.4. The minimum atomic E-state index is -1.43. The predicted molar refractivity (Wildman–Crippen MR) is 112 cm³/mol. The van der Waals surface area contributed by atoms with E-state index in [0.29, 0.717) is 31.7 Å². The topological polar surface area (TPSA) is 136 Å². The molecule has 2 aliphatic heterocycles. The van der Waals surface area contributed by atoms with Gasteiger partial charge in [-0.15, -0.1) is 0 Å². The first kappa shape index (κ1) is 23.5. The number of anilines is 1. The Hall–Kier alpha value is -3.16. The molecule has 0 bridgehead atoms. The molecule has 2 heterocycles. The number of hydrogen-bond acceptors (Lipinski definition) is 8. The van der Waals surface area contributed by atoms with Crippen LogP contribution in [0.1, 0.15) is 43.0 Å². The molecule has 0 unspecified atom stereocenters. The summed E-state index contributed by atoms with van der Waals surface area (Å²) in [6.07, 6.45) is 0.506. The molecule has 0 aliphatic carbocycles. The van der Waals surface area contributed by atoms with E-state index in [1.807, 2.05) is 0 Å². The van der Waals surface area contributed by atoms with Gasteiger partial charge < -0.3 is 24.3 Å². The van der Waals surface area contributed by atoms with Gasteiger partial charge in [0.2, 0.25) is 0 Å². The SMILES string of the molecule is CCOC(=O)Nc1ccc(C(=O)OC2(C(=O)NC3(C#N)CCOCC3)CCOCC2)cc1. The Morgan fingerprint density at radius 3 is 2.19 bits per heavy atom. The molecule has 2 N–H and O–H groups in total. The summed E-state index contributed by atoms with van der Waals surface area (Å²) in [4.78, 5) is 37.6. The van der Waals surface area contributed by atoms with Crippen molar-refractivity contribution in [1.29, 1.82) is 5.26 Å². The van der Waals surface area contributed by atoms with Crippen molar-refractivity contribution in [2.45, 2.75) is 43.7 Å². The second-order valence-corrected chi connectivity index (χ2v) is 7.68. The van der Waals surface area contributed by atoms with Crippen LogP contribution in [0.25, 0.3) is 0 Å². The summed E-state index contributed by atoms with van der Waals surface area (Å²) in [5, 5.41) is 15.0. The molecule has 10 nitrogen and oxygen atoms in total. The molecule has 32 heavy (non-hydrogen) atoms. The van der Waals surface area contributed by atoms with Gasteiger partial charge in [0.15, 0.2) is 5.60 Å². The number of nitrogens with one attached hydrogen (secondary N) is 2. The fourth-order valence-electron chi connectivity index (χ4n) is 3.60. The molecule has 0 aromatic heterocycles. The zero-order valence-corrected chi connectivity index (χ0v) is 18.0. The smallest absolute Gasteiger partial charge is 0.411 e. The number of nitriles is 1. The van der Waals surface area contributed by atoms with Crippen molar-refractivity contribution >= 4 is 23.7 Å². The summed E-state index contributed by atoms with van der Waals surface area (Å²) >= 11 is 0. The Balaban J connectivity index is 1.72. The van der Waals surface area contributed by atoms with Crippen LogP contribution in [0.3, 0.4) is 0 Å². The van der Waals surface area contributed by atoms with Crippen molar-refractivity contribution in [2.75, 3.05) is 38.4 Å². The number of carbonyl (C=O) groups is 3. The van der Waals surface area contributed by atoms with E-state index in [4.69, 9.17) is 18.9 Å². The van der Waals surface area contributed by atoms with Crippen molar-refractivity contribution < 1.29 is 33.3 Å². The molecule has 10 heteroatoms. The van der Waals surface area contributed by atoms with E-state index in [1.165, 1.54) is 24.3 Å². The van der Waals surface area contributed by atoms with Gasteiger partial charge in [-0.3, -0.25) is 10.1 Å². The lowest BCUT2D eigenvalue weighted by molar-refractivity contribution is -0.153.